The minimum absolute atomic E-state index is 0.739. The predicted octanol–water partition coefficient (Wildman–Crippen LogP) is 3.81. The highest BCUT2D eigenvalue weighted by Crippen LogP contribution is 2.35. The van der Waals surface area contributed by atoms with E-state index in [0.717, 1.165) is 17.8 Å². The maximum Gasteiger partial charge on any atom is 0.0256 e. The van der Waals surface area contributed by atoms with Crippen molar-refractivity contribution in [2.45, 2.75) is 46.0 Å². The van der Waals surface area contributed by atoms with Crippen LogP contribution in [0.25, 0.3) is 0 Å². The van der Waals surface area contributed by atoms with Gasteiger partial charge in [-0.05, 0) is 31.6 Å². The maximum atomic E-state index is 4.35. The normalized spacial score (nSPS) is 38.1. The lowest BCUT2D eigenvalue weighted by molar-refractivity contribution is 0.317. The van der Waals surface area contributed by atoms with Crippen molar-refractivity contribution in [3.63, 3.8) is 0 Å². The van der Waals surface area contributed by atoms with Crippen molar-refractivity contribution < 1.29 is 0 Å². The van der Waals surface area contributed by atoms with E-state index < -0.39 is 0 Å². The van der Waals surface area contributed by atoms with Crippen molar-refractivity contribution in [1.82, 2.24) is 0 Å². The van der Waals surface area contributed by atoms with Crippen LogP contribution >= 0.6 is 0 Å². The van der Waals surface area contributed by atoms with Crippen LogP contribution in [0.3, 0.4) is 0 Å². The van der Waals surface area contributed by atoms with Crippen molar-refractivity contribution in [1.29, 1.82) is 0 Å². The summed E-state index contributed by atoms with van der Waals surface area (Å²) in [7, 11) is 0. The Kier molecular flexibility index (Phi) is 3.05. The van der Waals surface area contributed by atoms with Crippen molar-refractivity contribution in [2.24, 2.45) is 22.7 Å². The molecule has 78 valence electrons. The van der Waals surface area contributed by atoms with Crippen molar-refractivity contribution in [2.75, 3.05) is 0 Å². The summed E-state index contributed by atoms with van der Waals surface area (Å²) in [6, 6.07) is 0. The monoisotopic (exact) mass is 191 g/mol. The molecule has 0 saturated heterocycles. The van der Waals surface area contributed by atoms with Gasteiger partial charge in [-0.25, -0.2) is 0 Å². The molecule has 1 fully saturated rings. The quantitative estimate of drug-likeness (QED) is 0.552. The molecule has 2 aliphatic rings. The maximum absolute atomic E-state index is 4.35. The summed E-state index contributed by atoms with van der Waals surface area (Å²) in [5.74, 6) is 2.47. The van der Waals surface area contributed by atoms with E-state index in [1.165, 1.54) is 37.7 Å². The fraction of sp³-hybridized carbons (Fsp3) is 0.769. The van der Waals surface area contributed by atoms with E-state index in [0.29, 0.717) is 0 Å². The molecule has 1 aliphatic heterocycles. The van der Waals surface area contributed by atoms with Crippen molar-refractivity contribution >= 4 is 6.21 Å². The Labute approximate surface area is 87.3 Å². The highest BCUT2D eigenvalue weighted by Gasteiger charge is 2.25. The van der Waals surface area contributed by atoms with Crippen LogP contribution in [0.15, 0.2) is 16.8 Å². The third-order valence-corrected chi connectivity index (χ3v) is 3.86. The average molecular weight is 191 g/mol. The Morgan fingerprint density at radius 2 is 2.07 bits per heavy atom. The van der Waals surface area contributed by atoms with Crippen LogP contribution in [-0.2, 0) is 0 Å². The summed E-state index contributed by atoms with van der Waals surface area (Å²) in [6.45, 7) is 4.64. The van der Waals surface area contributed by atoms with Gasteiger partial charge < -0.3 is 0 Å². The molecule has 1 heteroatoms. The molecule has 3 atom stereocenters. The van der Waals surface area contributed by atoms with Crippen molar-refractivity contribution in [3.05, 3.63) is 11.8 Å². The van der Waals surface area contributed by atoms with E-state index in [-0.39, 0.29) is 0 Å². The van der Waals surface area contributed by atoms with E-state index in [2.05, 4.69) is 31.3 Å². The molecule has 1 heterocycles. The number of nitrogens with zero attached hydrogens (tertiary/aromatic N) is 1. The molecular formula is C13H21N. The van der Waals surface area contributed by atoms with Crippen LogP contribution in [0.1, 0.15) is 46.0 Å². The molecule has 0 spiro atoms. The van der Waals surface area contributed by atoms with Gasteiger partial charge in [0.25, 0.3) is 0 Å². The minimum atomic E-state index is 0.739. The first-order valence-electron chi connectivity index (χ1n) is 5.97. The van der Waals surface area contributed by atoms with E-state index in [1.54, 1.807) is 0 Å². The summed E-state index contributed by atoms with van der Waals surface area (Å²) in [5, 5.41) is 0. The Morgan fingerprint density at radius 1 is 1.21 bits per heavy atom. The summed E-state index contributed by atoms with van der Waals surface area (Å²) in [4.78, 5) is 4.35. The Balaban J connectivity index is 2.06. The SMILES string of the molecule is CC1=CN=CC2CCC(C)CCCC12. The van der Waals surface area contributed by atoms with Crippen LogP contribution in [0.4, 0.5) is 0 Å². The van der Waals surface area contributed by atoms with Gasteiger partial charge in [-0.2, -0.15) is 0 Å². The summed E-state index contributed by atoms with van der Waals surface area (Å²) < 4.78 is 0. The second-order valence-electron chi connectivity index (χ2n) is 5.06. The standard InChI is InChI=1S/C13H21N/c1-10-4-3-5-13-11(2)8-14-9-12(13)7-6-10/h8-10,12-13H,3-7H2,1-2H3. The lowest BCUT2D eigenvalue weighted by atomic mass is 9.76. The second-order valence-corrected chi connectivity index (χ2v) is 5.06. The third-order valence-electron chi connectivity index (χ3n) is 3.86. The second kappa shape index (κ2) is 4.29. The minimum Gasteiger partial charge on any atom is -0.269 e. The largest absolute Gasteiger partial charge is 0.269 e. The number of rotatable bonds is 0. The Morgan fingerprint density at radius 3 is 2.93 bits per heavy atom. The first-order chi connectivity index (χ1) is 6.77. The highest BCUT2D eigenvalue weighted by atomic mass is 14.7. The summed E-state index contributed by atoms with van der Waals surface area (Å²) in [5.41, 5.74) is 1.51. The molecule has 0 aromatic carbocycles. The lowest BCUT2D eigenvalue weighted by Gasteiger charge is -2.30. The zero-order valence-electron chi connectivity index (χ0n) is 9.37. The molecule has 0 radical (unpaired) electrons. The van der Waals surface area contributed by atoms with Gasteiger partial charge in [0.1, 0.15) is 0 Å². The fourth-order valence-corrected chi connectivity index (χ4v) is 2.83. The van der Waals surface area contributed by atoms with Crippen LogP contribution < -0.4 is 0 Å². The molecule has 0 aromatic heterocycles. The number of fused-ring (bicyclic) bond motifs is 1. The van der Waals surface area contributed by atoms with Crippen molar-refractivity contribution in [3.8, 4) is 0 Å². The zero-order valence-corrected chi connectivity index (χ0v) is 9.37. The molecule has 0 amide bonds. The topological polar surface area (TPSA) is 12.4 Å². The highest BCUT2D eigenvalue weighted by molar-refractivity contribution is 5.64. The van der Waals surface area contributed by atoms with Gasteiger partial charge in [0.05, 0.1) is 0 Å². The van der Waals surface area contributed by atoms with Gasteiger partial charge in [0, 0.05) is 18.3 Å². The van der Waals surface area contributed by atoms with Gasteiger partial charge in [0.15, 0.2) is 0 Å². The molecule has 1 saturated carbocycles. The van der Waals surface area contributed by atoms with E-state index in [9.17, 15) is 0 Å². The summed E-state index contributed by atoms with van der Waals surface area (Å²) in [6.07, 6.45) is 11.2. The van der Waals surface area contributed by atoms with E-state index in [1.807, 2.05) is 0 Å². The smallest absolute Gasteiger partial charge is 0.0256 e. The van der Waals surface area contributed by atoms with E-state index >= 15 is 0 Å². The van der Waals surface area contributed by atoms with Crippen LogP contribution in [0, 0.1) is 17.8 Å². The Bertz CT molecular complexity index is 252. The van der Waals surface area contributed by atoms with Crippen LogP contribution in [-0.4, -0.2) is 6.21 Å². The Hall–Kier alpha value is -0.590. The fourth-order valence-electron chi connectivity index (χ4n) is 2.83. The van der Waals surface area contributed by atoms with Gasteiger partial charge in [-0.15, -0.1) is 0 Å². The number of aliphatic imine (C=N–C) groups is 1. The van der Waals surface area contributed by atoms with Gasteiger partial charge in [0.2, 0.25) is 0 Å². The number of allylic oxidation sites excluding steroid dienone is 1. The molecule has 14 heavy (non-hydrogen) atoms. The molecule has 0 bridgehead atoms. The first-order valence-corrected chi connectivity index (χ1v) is 5.97. The lowest BCUT2D eigenvalue weighted by Crippen LogP contribution is -2.22. The van der Waals surface area contributed by atoms with Gasteiger partial charge in [-0.3, -0.25) is 4.99 Å². The summed E-state index contributed by atoms with van der Waals surface area (Å²) >= 11 is 0. The molecular weight excluding hydrogens is 170 g/mol. The number of hydrogen-bond donors (Lipinski definition) is 0. The molecule has 0 aromatic rings. The van der Waals surface area contributed by atoms with Crippen LogP contribution in [0.2, 0.25) is 0 Å². The predicted molar refractivity (Wildman–Crippen MR) is 61.5 cm³/mol. The number of hydrogen-bond acceptors (Lipinski definition) is 1. The molecule has 3 unspecified atom stereocenters. The molecule has 0 N–H and O–H groups in total. The molecule has 1 aliphatic carbocycles. The third kappa shape index (κ3) is 2.08. The molecule has 1 nitrogen and oxygen atoms in total. The zero-order chi connectivity index (χ0) is 9.97. The van der Waals surface area contributed by atoms with Crippen LogP contribution in [0.5, 0.6) is 0 Å². The first kappa shape index (κ1) is 9.95. The average Bonchev–Trinajstić information content (AvgIpc) is 2.14. The van der Waals surface area contributed by atoms with Gasteiger partial charge >= 0.3 is 0 Å². The van der Waals surface area contributed by atoms with E-state index in [4.69, 9.17) is 0 Å². The van der Waals surface area contributed by atoms with Gasteiger partial charge in [-0.1, -0.05) is 31.8 Å². The molecule has 2 rings (SSSR count).